The molecule has 0 aromatic rings. The van der Waals surface area contributed by atoms with Crippen LogP contribution in [-0.4, -0.2) is 25.3 Å². The number of hydrogen-bond donors (Lipinski definition) is 0. The number of hydrogen-bond acceptors (Lipinski definition) is 3. The Bertz CT molecular complexity index is 250. The fourth-order valence-corrected chi connectivity index (χ4v) is 2.91. The van der Waals surface area contributed by atoms with E-state index in [-0.39, 0.29) is 11.9 Å². The number of epoxide rings is 1. The minimum Gasteiger partial charge on any atom is -0.469 e. The van der Waals surface area contributed by atoms with E-state index >= 15 is 0 Å². The number of fused-ring (bicyclic) bond motifs is 5. The smallest absolute Gasteiger partial charge is 0.308 e. The third kappa shape index (κ3) is 2.24. The quantitative estimate of drug-likeness (QED) is 0.536. The van der Waals surface area contributed by atoms with Crippen LogP contribution < -0.4 is 0 Å². The lowest BCUT2D eigenvalue weighted by Crippen LogP contribution is -2.10. The Morgan fingerprint density at radius 3 is 2.19 bits per heavy atom. The van der Waals surface area contributed by atoms with Gasteiger partial charge in [-0.2, -0.15) is 0 Å². The summed E-state index contributed by atoms with van der Waals surface area (Å²) in [5, 5.41) is 0. The molecule has 0 spiro atoms. The summed E-state index contributed by atoms with van der Waals surface area (Å²) in [5.41, 5.74) is 0. The first-order valence-corrected chi connectivity index (χ1v) is 6.40. The first-order chi connectivity index (χ1) is 7.67. The van der Waals surface area contributed by atoms with E-state index in [1.165, 1.54) is 26.4 Å². The van der Waals surface area contributed by atoms with Gasteiger partial charge in [-0.1, -0.05) is 13.8 Å². The van der Waals surface area contributed by atoms with Crippen molar-refractivity contribution < 1.29 is 14.3 Å². The predicted octanol–water partition coefficient (Wildman–Crippen LogP) is 2.39. The fraction of sp³-hybridized carbons (Fsp3) is 0.923. The number of rotatable bonds is 2. The molecule has 2 bridgehead atoms. The van der Waals surface area contributed by atoms with Gasteiger partial charge in [-0.05, 0) is 37.5 Å². The van der Waals surface area contributed by atoms with Crippen LogP contribution in [-0.2, 0) is 14.3 Å². The Balaban J connectivity index is 0.000000120. The average molecular weight is 226 g/mol. The molecule has 0 aromatic carbocycles. The summed E-state index contributed by atoms with van der Waals surface area (Å²) in [6, 6.07) is 0. The largest absolute Gasteiger partial charge is 0.469 e. The third-order valence-corrected chi connectivity index (χ3v) is 4.22. The van der Waals surface area contributed by atoms with Crippen LogP contribution >= 0.6 is 0 Å². The number of carbonyl (C=O) groups excluding carboxylic acids is 1. The molecule has 0 aromatic heterocycles. The van der Waals surface area contributed by atoms with E-state index < -0.39 is 0 Å². The molecule has 16 heavy (non-hydrogen) atoms. The van der Waals surface area contributed by atoms with Crippen molar-refractivity contribution in [2.24, 2.45) is 17.8 Å². The number of esters is 1. The van der Waals surface area contributed by atoms with Crippen LogP contribution in [0.25, 0.3) is 0 Å². The maximum Gasteiger partial charge on any atom is 0.308 e. The minimum atomic E-state index is -0.118. The highest BCUT2D eigenvalue weighted by molar-refractivity contribution is 5.71. The van der Waals surface area contributed by atoms with E-state index in [1.807, 2.05) is 13.8 Å². The van der Waals surface area contributed by atoms with E-state index in [4.69, 9.17) is 4.74 Å². The standard InChI is InChI=1S/C7H10O.C6H12O2/c1-2-5-3-4(1)6-7(5)8-6;1-4-5(2)6(7)8-3/h4-7H,1-3H2;5H,4H2,1-3H3. The summed E-state index contributed by atoms with van der Waals surface area (Å²) in [7, 11) is 1.41. The van der Waals surface area contributed by atoms with E-state index in [0.29, 0.717) is 0 Å². The van der Waals surface area contributed by atoms with E-state index in [2.05, 4.69) is 4.74 Å². The zero-order valence-electron chi connectivity index (χ0n) is 10.4. The Kier molecular flexibility index (Phi) is 3.53. The van der Waals surface area contributed by atoms with Crippen molar-refractivity contribution in [2.75, 3.05) is 7.11 Å². The van der Waals surface area contributed by atoms with Crippen LogP contribution in [0.5, 0.6) is 0 Å². The van der Waals surface area contributed by atoms with Crippen molar-refractivity contribution in [3.05, 3.63) is 0 Å². The van der Waals surface area contributed by atoms with Crippen molar-refractivity contribution in [2.45, 2.75) is 51.7 Å². The predicted molar refractivity (Wildman–Crippen MR) is 61.0 cm³/mol. The second-order valence-electron chi connectivity index (χ2n) is 5.23. The van der Waals surface area contributed by atoms with E-state index in [1.54, 1.807) is 0 Å². The van der Waals surface area contributed by atoms with Crippen LogP contribution in [0.4, 0.5) is 0 Å². The molecular formula is C13H22O3. The zero-order chi connectivity index (χ0) is 11.7. The molecule has 0 radical (unpaired) electrons. The maximum atomic E-state index is 10.5. The summed E-state index contributed by atoms with van der Waals surface area (Å²) in [4.78, 5) is 10.5. The lowest BCUT2D eigenvalue weighted by atomic mass is 10.0. The van der Waals surface area contributed by atoms with Gasteiger partial charge in [-0.15, -0.1) is 0 Å². The molecule has 0 amide bonds. The third-order valence-electron chi connectivity index (χ3n) is 4.22. The monoisotopic (exact) mass is 226 g/mol. The molecule has 3 heteroatoms. The molecule has 1 aliphatic heterocycles. The normalized spacial score (nSPS) is 39.4. The summed E-state index contributed by atoms with van der Waals surface area (Å²) in [5.74, 6) is 1.92. The molecule has 0 N–H and O–H groups in total. The van der Waals surface area contributed by atoms with Gasteiger partial charge < -0.3 is 9.47 Å². The molecule has 2 aliphatic carbocycles. The van der Waals surface area contributed by atoms with Gasteiger partial charge >= 0.3 is 5.97 Å². The van der Waals surface area contributed by atoms with Crippen molar-refractivity contribution in [1.82, 2.24) is 0 Å². The van der Waals surface area contributed by atoms with Gasteiger partial charge in [0.2, 0.25) is 0 Å². The molecule has 3 rings (SSSR count). The van der Waals surface area contributed by atoms with Gasteiger partial charge in [0.15, 0.2) is 0 Å². The molecule has 5 atom stereocenters. The zero-order valence-corrected chi connectivity index (χ0v) is 10.4. The number of methoxy groups -OCH3 is 1. The van der Waals surface area contributed by atoms with Gasteiger partial charge in [0.25, 0.3) is 0 Å². The molecule has 3 nitrogen and oxygen atoms in total. The molecular weight excluding hydrogens is 204 g/mol. The van der Waals surface area contributed by atoms with Gasteiger partial charge in [-0.3, -0.25) is 4.79 Å². The molecule has 92 valence electrons. The van der Waals surface area contributed by atoms with E-state index in [0.717, 1.165) is 30.5 Å². The second-order valence-corrected chi connectivity index (χ2v) is 5.23. The Hall–Kier alpha value is -0.570. The molecule has 3 aliphatic rings. The van der Waals surface area contributed by atoms with Gasteiger partial charge in [-0.25, -0.2) is 0 Å². The molecule has 2 saturated carbocycles. The Morgan fingerprint density at radius 1 is 1.38 bits per heavy atom. The van der Waals surface area contributed by atoms with Gasteiger partial charge in [0.1, 0.15) is 0 Å². The minimum absolute atomic E-state index is 0.0556. The number of ether oxygens (including phenoxy) is 2. The summed E-state index contributed by atoms with van der Waals surface area (Å²) >= 11 is 0. The van der Waals surface area contributed by atoms with E-state index in [9.17, 15) is 4.79 Å². The second kappa shape index (κ2) is 4.74. The molecule has 1 saturated heterocycles. The van der Waals surface area contributed by atoms with Crippen LogP contribution in [0.3, 0.4) is 0 Å². The highest BCUT2D eigenvalue weighted by Crippen LogP contribution is 2.55. The summed E-state index contributed by atoms with van der Waals surface area (Å²) in [6.45, 7) is 3.81. The number of carbonyl (C=O) groups is 1. The Morgan fingerprint density at radius 2 is 1.94 bits per heavy atom. The van der Waals surface area contributed by atoms with Gasteiger partial charge in [0, 0.05) is 0 Å². The molecule has 5 unspecified atom stereocenters. The van der Waals surface area contributed by atoms with Crippen LogP contribution in [0.15, 0.2) is 0 Å². The molecule has 1 heterocycles. The lowest BCUT2D eigenvalue weighted by Gasteiger charge is -2.02. The summed E-state index contributed by atoms with van der Waals surface area (Å²) in [6.07, 6.45) is 6.77. The highest BCUT2D eigenvalue weighted by atomic mass is 16.6. The highest BCUT2D eigenvalue weighted by Gasteiger charge is 2.59. The van der Waals surface area contributed by atoms with Crippen molar-refractivity contribution in [3.8, 4) is 0 Å². The van der Waals surface area contributed by atoms with Crippen LogP contribution in [0.2, 0.25) is 0 Å². The van der Waals surface area contributed by atoms with Crippen molar-refractivity contribution in [1.29, 1.82) is 0 Å². The van der Waals surface area contributed by atoms with Crippen molar-refractivity contribution in [3.63, 3.8) is 0 Å². The Labute approximate surface area is 97.5 Å². The first kappa shape index (κ1) is 11.9. The molecule has 3 fully saturated rings. The summed E-state index contributed by atoms with van der Waals surface area (Å²) < 4.78 is 9.90. The van der Waals surface area contributed by atoms with Gasteiger partial charge in [0.05, 0.1) is 25.2 Å². The van der Waals surface area contributed by atoms with Crippen molar-refractivity contribution >= 4 is 5.97 Å². The first-order valence-electron chi connectivity index (χ1n) is 6.40. The maximum absolute atomic E-state index is 10.5. The SMILES string of the molecule is C1CC2CC1C1OC21.CCC(C)C(=O)OC. The average Bonchev–Trinajstić information content (AvgIpc) is 2.92. The van der Waals surface area contributed by atoms with Crippen LogP contribution in [0.1, 0.15) is 39.5 Å². The fourth-order valence-electron chi connectivity index (χ4n) is 2.91. The topological polar surface area (TPSA) is 38.8 Å². The van der Waals surface area contributed by atoms with Crippen LogP contribution in [0, 0.1) is 17.8 Å². The lowest BCUT2D eigenvalue weighted by molar-refractivity contribution is -0.144.